The molecule has 0 aliphatic carbocycles. The standard InChI is InChI=1S/C14H23N3/c1-11-5-6-13(9-14(11)16(3)4)17-8-7-15-10-12(17)2/h5-6,9,12,15H,7-8,10H2,1-4H3. The van der Waals surface area contributed by atoms with Gasteiger partial charge in [0, 0.05) is 51.1 Å². The lowest BCUT2D eigenvalue weighted by Crippen LogP contribution is -2.49. The van der Waals surface area contributed by atoms with E-state index in [9.17, 15) is 0 Å². The van der Waals surface area contributed by atoms with Gasteiger partial charge in [-0.3, -0.25) is 0 Å². The number of benzene rings is 1. The molecule has 1 aromatic rings. The summed E-state index contributed by atoms with van der Waals surface area (Å²) in [4.78, 5) is 4.68. The Morgan fingerprint density at radius 3 is 2.76 bits per heavy atom. The highest BCUT2D eigenvalue weighted by molar-refractivity contribution is 5.63. The quantitative estimate of drug-likeness (QED) is 0.841. The molecule has 94 valence electrons. The van der Waals surface area contributed by atoms with Gasteiger partial charge in [0.1, 0.15) is 0 Å². The molecule has 1 heterocycles. The smallest absolute Gasteiger partial charge is 0.0411 e. The van der Waals surface area contributed by atoms with E-state index in [-0.39, 0.29) is 0 Å². The summed E-state index contributed by atoms with van der Waals surface area (Å²) in [5.74, 6) is 0. The van der Waals surface area contributed by atoms with E-state index in [1.54, 1.807) is 0 Å². The fourth-order valence-corrected chi connectivity index (χ4v) is 2.48. The highest BCUT2D eigenvalue weighted by atomic mass is 15.2. The molecule has 1 unspecified atom stereocenters. The van der Waals surface area contributed by atoms with Gasteiger partial charge in [-0.05, 0) is 31.5 Å². The number of rotatable bonds is 2. The summed E-state index contributed by atoms with van der Waals surface area (Å²) in [6.45, 7) is 7.69. The van der Waals surface area contributed by atoms with E-state index < -0.39 is 0 Å². The molecule has 1 aliphatic heterocycles. The van der Waals surface area contributed by atoms with Crippen LogP contribution in [0.4, 0.5) is 11.4 Å². The number of nitrogens with one attached hydrogen (secondary N) is 1. The lowest BCUT2D eigenvalue weighted by molar-refractivity contribution is 0.501. The molecule has 3 nitrogen and oxygen atoms in total. The largest absolute Gasteiger partial charge is 0.377 e. The Balaban J connectivity index is 2.29. The first kappa shape index (κ1) is 12.2. The summed E-state index contributed by atoms with van der Waals surface area (Å²) >= 11 is 0. The third kappa shape index (κ3) is 2.55. The zero-order chi connectivity index (χ0) is 12.4. The van der Waals surface area contributed by atoms with Gasteiger partial charge in [0.25, 0.3) is 0 Å². The summed E-state index contributed by atoms with van der Waals surface area (Å²) in [6.07, 6.45) is 0. The van der Waals surface area contributed by atoms with Crippen LogP contribution in [0, 0.1) is 6.92 Å². The molecular formula is C14H23N3. The van der Waals surface area contributed by atoms with Crippen LogP contribution < -0.4 is 15.1 Å². The van der Waals surface area contributed by atoms with Crippen LogP contribution in [0.25, 0.3) is 0 Å². The van der Waals surface area contributed by atoms with E-state index >= 15 is 0 Å². The second-order valence-corrected chi connectivity index (χ2v) is 5.11. The summed E-state index contributed by atoms with van der Waals surface area (Å²) in [5.41, 5.74) is 3.99. The molecule has 0 spiro atoms. The van der Waals surface area contributed by atoms with Crippen molar-refractivity contribution in [3.8, 4) is 0 Å². The number of hydrogen-bond donors (Lipinski definition) is 1. The molecule has 0 aromatic heterocycles. The van der Waals surface area contributed by atoms with Crippen LogP contribution >= 0.6 is 0 Å². The minimum atomic E-state index is 0.571. The minimum absolute atomic E-state index is 0.571. The lowest BCUT2D eigenvalue weighted by atomic mass is 10.1. The molecule has 1 fully saturated rings. The fourth-order valence-electron chi connectivity index (χ4n) is 2.48. The molecule has 1 aromatic carbocycles. The first-order chi connectivity index (χ1) is 8.09. The number of nitrogens with zero attached hydrogens (tertiary/aromatic N) is 2. The average molecular weight is 233 g/mol. The summed E-state index contributed by atoms with van der Waals surface area (Å²) in [7, 11) is 4.21. The summed E-state index contributed by atoms with van der Waals surface area (Å²) in [5, 5.41) is 3.43. The first-order valence-corrected chi connectivity index (χ1v) is 6.35. The third-order valence-electron chi connectivity index (χ3n) is 3.51. The third-order valence-corrected chi connectivity index (χ3v) is 3.51. The molecule has 1 aliphatic rings. The molecule has 0 amide bonds. The van der Waals surface area contributed by atoms with Crippen LogP contribution in [-0.2, 0) is 0 Å². The molecular weight excluding hydrogens is 210 g/mol. The molecule has 0 radical (unpaired) electrons. The SMILES string of the molecule is Cc1ccc(N2CCNCC2C)cc1N(C)C. The van der Waals surface area contributed by atoms with Crippen molar-refractivity contribution in [1.29, 1.82) is 0 Å². The van der Waals surface area contributed by atoms with Crippen molar-refractivity contribution < 1.29 is 0 Å². The fraction of sp³-hybridized carbons (Fsp3) is 0.571. The van der Waals surface area contributed by atoms with Crippen molar-refractivity contribution in [1.82, 2.24) is 5.32 Å². The maximum absolute atomic E-state index is 3.43. The van der Waals surface area contributed by atoms with Gasteiger partial charge >= 0.3 is 0 Å². The molecule has 1 atom stereocenters. The number of hydrogen-bond acceptors (Lipinski definition) is 3. The molecule has 1 N–H and O–H groups in total. The van der Waals surface area contributed by atoms with Crippen LogP contribution in [0.5, 0.6) is 0 Å². The Kier molecular flexibility index (Phi) is 3.57. The Morgan fingerprint density at radius 2 is 2.12 bits per heavy atom. The Morgan fingerprint density at radius 1 is 1.35 bits per heavy atom. The van der Waals surface area contributed by atoms with Crippen LogP contribution in [0.2, 0.25) is 0 Å². The molecule has 2 rings (SSSR count). The predicted octanol–water partition coefficient (Wildman–Crippen LogP) is 1.86. The monoisotopic (exact) mass is 233 g/mol. The van der Waals surface area contributed by atoms with Gasteiger partial charge in [0.15, 0.2) is 0 Å². The summed E-state index contributed by atoms with van der Waals surface area (Å²) in [6, 6.07) is 7.34. The number of aryl methyl sites for hydroxylation is 1. The molecule has 1 saturated heterocycles. The maximum Gasteiger partial charge on any atom is 0.0411 e. The normalized spacial score (nSPS) is 20.5. The van der Waals surface area contributed by atoms with Crippen molar-refractivity contribution in [2.45, 2.75) is 19.9 Å². The number of anilines is 2. The van der Waals surface area contributed by atoms with Crippen molar-refractivity contribution in [3.63, 3.8) is 0 Å². The highest BCUT2D eigenvalue weighted by Gasteiger charge is 2.18. The van der Waals surface area contributed by atoms with Gasteiger partial charge in [0.05, 0.1) is 0 Å². The van der Waals surface area contributed by atoms with E-state index in [1.165, 1.54) is 16.9 Å². The van der Waals surface area contributed by atoms with E-state index in [4.69, 9.17) is 0 Å². The van der Waals surface area contributed by atoms with E-state index in [0.717, 1.165) is 19.6 Å². The Labute approximate surface area is 104 Å². The minimum Gasteiger partial charge on any atom is -0.377 e. The van der Waals surface area contributed by atoms with Crippen molar-refractivity contribution in [2.75, 3.05) is 43.5 Å². The molecule has 0 bridgehead atoms. The zero-order valence-electron chi connectivity index (χ0n) is 11.3. The van der Waals surface area contributed by atoms with E-state index in [0.29, 0.717) is 6.04 Å². The van der Waals surface area contributed by atoms with Gasteiger partial charge < -0.3 is 15.1 Å². The first-order valence-electron chi connectivity index (χ1n) is 6.35. The maximum atomic E-state index is 3.43. The van der Waals surface area contributed by atoms with Gasteiger partial charge in [-0.2, -0.15) is 0 Å². The van der Waals surface area contributed by atoms with Gasteiger partial charge in [0.2, 0.25) is 0 Å². The summed E-state index contributed by atoms with van der Waals surface area (Å²) < 4.78 is 0. The highest BCUT2D eigenvalue weighted by Crippen LogP contribution is 2.26. The van der Waals surface area contributed by atoms with E-state index in [2.05, 4.69) is 61.3 Å². The molecule has 3 heteroatoms. The molecule has 17 heavy (non-hydrogen) atoms. The Hall–Kier alpha value is -1.22. The van der Waals surface area contributed by atoms with Crippen LogP contribution in [-0.4, -0.2) is 39.8 Å². The average Bonchev–Trinajstić information content (AvgIpc) is 2.30. The predicted molar refractivity (Wildman–Crippen MR) is 75.2 cm³/mol. The van der Waals surface area contributed by atoms with Crippen molar-refractivity contribution in [2.24, 2.45) is 0 Å². The van der Waals surface area contributed by atoms with Crippen LogP contribution in [0.15, 0.2) is 18.2 Å². The van der Waals surface area contributed by atoms with Crippen LogP contribution in [0.1, 0.15) is 12.5 Å². The number of piperazine rings is 1. The lowest BCUT2D eigenvalue weighted by Gasteiger charge is -2.36. The van der Waals surface area contributed by atoms with Crippen molar-refractivity contribution in [3.05, 3.63) is 23.8 Å². The second-order valence-electron chi connectivity index (χ2n) is 5.11. The Bertz CT molecular complexity index is 387. The van der Waals surface area contributed by atoms with Crippen molar-refractivity contribution >= 4 is 11.4 Å². The van der Waals surface area contributed by atoms with Gasteiger partial charge in [-0.15, -0.1) is 0 Å². The zero-order valence-corrected chi connectivity index (χ0v) is 11.3. The van der Waals surface area contributed by atoms with Gasteiger partial charge in [-0.1, -0.05) is 6.07 Å². The van der Waals surface area contributed by atoms with Gasteiger partial charge in [-0.25, -0.2) is 0 Å². The topological polar surface area (TPSA) is 18.5 Å². The van der Waals surface area contributed by atoms with E-state index in [1.807, 2.05) is 0 Å². The molecule has 0 saturated carbocycles. The second kappa shape index (κ2) is 4.96. The van der Waals surface area contributed by atoms with Crippen LogP contribution in [0.3, 0.4) is 0 Å².